The predicted octanol–water partition coefficient (Wildman–Crippen LogP) is 4.26. The van der Waals surface area contributed by atoms with Crippen LogP contribution in [-0.4, -0.2) is 20.0 Å². The molecule has 3 heterocycles. The van der Waals surface area contributed by atoms with Gasteiger partial charge in [-0.05, 0) is 23.8 Å². The minimum absolute atomic E-state index is 0.665. The first-order chi connectivity index (χ1) is 10.8. The molecule has 0 aliphatic rings. The number of benzene rings is 1. The molecule has 0 aliphatic carbocycles. The Morgan fingerprint density at radius 2 is 1.91 bits per heavy atom. The molecule has 4 aromatic rings. The number of rotatable bonds is 3. The molecule has 0 radical (unpaired) electrons. The molecule has 0 aliphatic heterocycles. The highest BCUT2D eigenvalue weighted by molar-refractivity contribution is 7.23. The van der Waals surface area contributed by atoms with Crippen LogP contribution in [0.5, 0.6) is 0 Å². The van der Waals surface area contributed by atoms with Gasteiger partial charge in [-0.15, -0.1) is 16.4 Å². The van der Waals surface area contributed by atoms with Gasteiger partial charge < -0.3 is 0 Å². The minimum Gasteiger partial charge on any atom is -0.265 e. The predicted molar refractivity (Wildman–Crippen MR) is 89.2 cm³/mol. The van der Waals surface area contributed by atoms with Crippen LogP contribution in [0, 0.1) is 0 Å². The van der Waals surface area contributed by atoms with Gasteiger partial charge in [0.2, 0.25) is 0 Å². The second kappa shape index (κ2) is 5.51. The van der Waals surface area contributed by atoms with E-state index in [0.29, 0.717) is 6.54 Å². The fraction of sp³-hybridized carbons (Fsp3) is 0.0625. The molecule has 6 heteroatoms. The summed E-state index contributed by atoms with van der Waals surface area (Å²) in [4.78, 5) is 4.98. The molecular formula is C16H11ClN4S. The topological polar surface area (TPSA) is 43.6 Å². The van der Waals surface area contributed by atoms with E-state index in [1.807, 2.05) is 41.2 Å². The van der Waals surface area contributed by atoms with E-state index in [2.05, 4.69) is 21.4 Å². The Bertz CT molecular complexity index is 930. The van der Waals surface area contributed by atoms with Crippen molar-refractivity contribution in [3.63, 3.8) is 0 Å². The number of nitrogens with zero attached hydrogens (tertiary/aromatic N) is 4. The Morgan fingerprint density at radius 3 is 2.73 bits per heavy atom. The van der Waals surface area contributed by atoms with Crippen LogP contribution in [0.3, 0.4) is 0 Å². The molecule has 0 saturated heterocycles. The summed E-state index contributed by atoms with van der Waals surface area (Å²) in [6.45, 7) is 0.665. The Balaban J connectivity index is 1.69. The van der Waals surface area contributed by atoms with Crippen molar-refractivity contribution in [2.75, 3.05) is 0 Å². The van der Waals surface area contributed by atoms with E-state index in [1.54, 1.807) is 23.7 Å². The third-order valence-electron chi connectivity index (χ3n) is 3.40. The summed E-state index contributed by atoms with van der Waals surface area (Å²) in [5.41, 5.74) is 1.94. The number of thiophene rings is 1. The van der Waals surface area contributed by atoms with E-state index in [9.17, 15) is 0 Å². The first-order valence-electron chi connectivity index (χ1n) is 6.78. The summed E-state index contributed by atoms with van der Waals surface area (Å²) in [6, 6.07) is 12.0. The molecule has 0 saturated carbocycles. The summed E-state index contributed by atoms with van der Waals surface area (Å²) >= 11 is 8.13. The highest BCUT2D eigenvalue weighted by Crippen LogP contribution is 2.40. The van der Waals surface area contributed by atoms with Crippen LogP contribution in [0.25, 0.3) is 20.7 Å². The molecule has 0 amide bonds. The Morgan fingerprint density at radius 1 is 1.09 bits per heavy atom. The van der Waals surface area contributed by atoms with E-state index >= 15 is 0 Å². The van der Waals surface area contributed by atoms with Crippen molar-refractivity contribution >= 4 is 33.0 Å². The quantitative estimate of drug-likeness (QED) is 0.565. The zero-order valence-electron chi connectivity index (χ0n) is 11.5. The number of pyridine rings is 1. The molecule has 0 fully saturated rings. The van der Waals surface area contributed by atoms with Crippen molar-refractivity contribution < 1.29 is 0 Å². The van der Waals surface area contributed by atoms with Gasteiger partial charge in [-0.25, -0.2) is 4.68 Å². The van der Waals surface area contributed by atoms with Crippen LogP contribution in [0.15, 0.2) is 55.0 Å². The van der Waals surface area contributed by atoms with Crippen LogP contribution in [0.2, 0.25) is 5.02 Å². The van der Waals surface area contributed by atoms with Gasteiger partial charge in [-0.2, -0.15) is 0 Å². The van der Waals surface area contributed by atoms with Crippen molar-refractivity contribution in [3.05, 3.63) is 65.6 Å². The molecular weight excluding hydrogens is 316 g/mol. The second-order valence-corrected chi connectivity index (χ2v) is 6.33. The van der Waals surface area contributed by atoms with Gasteiger partial charge >= 0.3 is 0 Å². The molecule has 4 rings (SSSR count). The van der Waals surface area contributed by atoms with Gasteiger partial charge in [0.25, 0.3) is 0 Å². The number of halogens is 1. The molecule has 22 heavy (non-hydrogen) atoms. The van der Waals surface area contributed by atoms with Crippen molar-refractivity contribution in [3.8, 4) is 10.6 Å². The number of fused-ring (bicyclic) bond motifs is 1. The van der Waals surface area contributed by atoms with Crippen molar-refractivity contribution in [2.24, 2.45) is 0 Å². The maximum absolute atomic E-state index is 6.49. The highest BCUT2D eigenvalue weighted by atomic mass is 35.5. The lowest BCUT2D eigenvalue weighted by Gasteiger charge is -1.98. The Labute approximate surface area is 136 Å². The van der Waals surface area contributed by atoms with Crippen LogP contribution in [-0.2, 0) is 6.54 Å². The lowest BCUT2D eigenvalue weighted by atomic mass is 10.2. The van der Waals surface area contributed by atoms with Gasteiger partial charge in [-0.1, -0.05) is 35.0 Å². The van der Waals surface area contributed by atoms with Crippen molar-refractivity contribution in [1.82, 2.24) is 20.0 Å². The average Bonchev–Trinajstić information content (AvgIpc) is 3.14. The molecule has 0 atom stereocenters. The van der Waals surface area contributed by atoms with Gasteiger partial charge in [0, 0.05) is 22.5 Å². The van der Waals surface area contributed by atoms with E-state index in [0.717, 1.165) is 31.2 Å². The molecule has 4 nitrogen and oxygen atoms in total. The summed E-state index contributed by atoms with van der Waals surface area (Å²) in [5.74, 6) is 0. The number of aromatic nitrogens is 4. The van der Waals surface area contributed by atoms with Gasteiger partial charge in [0.15, 0.2) is 0 Å². The first-order valence-corrected chi connectivity index (χ1v) is 7.97. The Hall–Kier alpha value is -2.24. The van der Waals surface area contributed by atoms with E-state index in [-0.39, 0.29) is 0 Å². The SMILES string of the molecule is Clc1c(-c2cn(Cc3ccncc3)nn2)sc2ccccc12. The van der Waals surface area contributed by atoms with Crippen LogP contribution in [0.1, 0.15) is 5.56 Å². The lowest BCUT2D eigenvalue weighted by Crippen LogP contribution is -2.00. The molecule has 108 valence electrons. The van der Waals surface area contributed by atoms with Gasteiger partial charge in [-0.3, -0.25) is 4.98 Å². The van der Waals surface area contributed by atoms with Gasteiger partial charge in [0.1, 0.15) is 5.69 Å². The molecule has 0 spiro atoms. The molecule has 0 bridgehead atoms. The van der Waals surface area contributed by atoms with Crippen molar-refractivity contribution in [1.29, 1.82) is 0 Å². The van der Waals surface area contributed by atoms with Gasteiger partial charge in [0.05, 0.1) is 22.6 Å². The summed E-state index contributed by atoms with van der Waals surface area (Å²) in [5, 5.41) is 10.3. The zero-order chi connectivity index (χ0) is 14.9. The third-order valence-corrected chi connectivity index (χ3v) is 5.10. The average molecular weight is 327 g/mol. The van der Waals surface area contributed by atoms with Crippen LogP contribution >= 0.6 is 22.9 Å². The fourth-order valence-electron chi connectivity index (χ4n) is 2.33. The maximum atomic E-state index is 6.49. The second-order valence-electron chi connectivity index (χ2n) is 4.90. The summed E-state index contributed by atoms with van der Waals surface area (Å²) in [7, 11) is 0. The molecule has 3 aromatic heterocycles. The van der Waals surface area contributed by atoms with Crippen LogP contribution < -0.4 is 0 Å². The summed E-state index contributed by atoms with van der Waals surface area (Å²) < 4.78 is 2.97. The highest BCUT2D eigenvalue weighted by Gasteiger charge is 2.14. The third kappa shape index (κ3) is 2.38. The number of hydrogen-bond donors (Lipinski definition) is 0. The van der Waals surface area contributed by atoms with Crippen molar-refractivity contribution in [2.45, 2.75) is 6.54 Å². The molecule has 1 aromatic carbocycles. The normalized spacial score (nSPS) is 11.1. The minimum atomic E-state index is 0.665. The van der Waals surface area contributed by atoms with E-state index in [4.69, 9.17) is 11.6 Å². The summed E-state index contributed by atoms with van der Waals surface area (Å²) in [6.07, 6.45) is 5.48. The largest absolute Gasteiger partial charge is 0.265 e. The van der Waals surface area contributed by atoms with E-state index < -0.39 is 0 Å². The smallest absolute Gasteiger partial charge is 0.124 e. The molecule has 0 N–H and O–H groups in total. The standard InChI is InChI=1S/C16H11ClN4S/c17-15-12-3-1-2-4-14(12)22-16(15)13-10-21(20-19-13)9-11-5-7-18-8-6-11/h1-8,10H,9H2. The van der Waals surface area contributed by atoms with Crippen LogP contribution in [0.4, 0.5) is 0 Å². The first kappa shape index (κ1) is 13.4. The fourth-order valence-corrected chi connectivity index (χ4v) is 3.81. The maximum Gasteiger partial charge on any atom is 0.124 e. The number of hydrogen-bond acceptors (Lipinski definition) is 4. The zero-order valence-corrected chi connectivity index (χ0v) is 13.1. The Kier molecular flexibility index (Phi) is 3.36. The monoisotopic (exact) mass is 326 g/mol. The van der Waals surface area contributed by atoms with E-state index in [1.165, 1.54) is 0 Å². The molecule has 0 unspecified atom stereocenters. The lowest BCUT2D eigenvalue weighted by molar-refractivity contribution is 0.649.